The largest absolute Gasteiger partial charge is 0.309 e. The fourth-order valence-electron chi connectivity index (χ4n) is 13.9. The molecule has 0 amide bonds. The fraction of sp³-hybridized carbons (Fsp3) is 0. The third kappa shape index (κ3) is 10.4. The van der Waals surface area contributed by atoms with Gasteiger partial charge in [-0.25, -0.2) is 15.0 Å². The Bertz CT molecular complexity index is 6200. The van der Waals surface area contributed by atoms with E-state index in [1.54, 1.807) is 12.4 Å². The molecule has 0 aliphatic carbocycles. The van der Waals surface area contributed by atoms with E-state index in [1.807, 2.05) is 132 Å². The highest BCUT2D eigenvalue weighted by molar-refractivity contribution is 7.85. The van der Waals surface area contributed by atoms with Crippen LogP contribution in [0.2, 0.25) is 0 Å². The normalized spacial score (nSPS) is 11.7. The highest BCUT2D eigenvalue weighted by atomic mass is 32.1. The summed E-state index contributed by atoms with van der Waals surface area (Å²) in [4.78, 5) is 24.9. The molecule has 460 valence electrons. The van der Waals surface area contributed by atoms with E-state index >= 15 is 4.57 Å². The van der Waals surface area contributed by atoms with Crippen molar-refractivity contribution in [3.05, 3.63) is 340 Å². The molecule has 9 heteroatoms. The summed E-state index contributed by atoms with van der Waals surface area (Å²) in [6.07, 6.45) is 3.60. The van der Waals surface area contributed by atoms with Crippen LogP contribution in [0, 0.1) is 0 Å². The van der Waals surface area contributed by atoms with E-state index in [0.29, 0.717) is 0 Å². The van der Waals surface area contributed by atoms with E-state index in [0.717, 1.165) is 111 Å². The van der Waals surface area contributed by atoms with E-state index < -0.39 is 7.14 Å². The first-order valence-corrected chi connectivity index (χ1v) is 36.0. The van der Waals surface area contributed by atoms with Gasteiger partial charge in [0.15, 0.2) is 7.14 Å². The van der Waals surface area contributed by atoms with Crippen molar-refractivity contribution in [1.29, 1.82) is 0 Å². The maximum absolute atomic E-state index is 15.0. The van der Waals surface area contributed by atoms with Crippen LogP contribution in [-0.4, -0.2) is 24.9 Å². The first-order valence-electron chi connectivity index (χ1n) is 32.7. The molecule has 0 saturated carbocycles. The number of benzene rings is 12. The van der Waals surface area contributed by atoms with Crippen LogP contribution >= 0.6 is 29.8 Å². The molecule has 19 rings (SSSR count). The molecular formula is C89H56N5OPS2. The fourth-order valence-corrected chi connectivity index (χ4v) is 19.1. The minimum absolute atomic E-state index is 0.816. The van der Waals surface area contributed by atoms with Gasteiger partial charge in [-0.15, -0.1) is 22.7 Å². The van der Waals surface area contributed by atoms with Crippen molar-refractivity contribution in [3.63, 3.8) is 0 Å². The van der Waals surface area contributed by atoms with E-state index in [4.69, 9.17) is 15.0 Å². The lowest BCUT2D eigenvalue weighted by Crippen LogP contribution is -2.25. The Morgan fingerprint density at radius 1 is 0.255 bits per heavy atom. The number of rotatable bonds is 10. The number of hydrogen-bond acceptors (Lipinski definition) is 8. The van der Waals surface area contributed by atoms with Crippen molar-refractivity contribution in [2.75, 3.05) is 0 Å². The number of pyridine rings is 5. The van der Waals surface area contributed by atoms with Crippen LogP contribution in [0.1, 0.15) is 0 Å². The smallest absolute Gasteiger partial charge is 0.171 e. The van der Waals surface area contributed by atoms with Crippen molar-refractivity contribution >= 4 is 129 Å². The topological polar surface area (TPSA) is 81.5 Å². The first kappa shape index (κ1) is 58.7. The Morgan fingerprint density at radius 2 is 0.643 bits per heavy atom. The van der Waals surface area contributed by atoms with Crippen LogP contribution in [0.15, 0.2) is 340 Å². The standard InChI is InChI=1S/C46H28N4S.C43H28NOPS/c1-2-10-35-32(9-1)23-24-37-43-36-11-3-4-14-42(36)51-46(43)44(50-45(35)37)33-21-19-30(20-22-33)29-15-17-31(18-16-29)34-27-40(38-12-5-7-25-47-38)49-41(28-34)39-13-6-8-26-48-39;45-46(33-14-3-1-4-15-33,34-16-5-2-6-17-34)35-18-11-13-32(28-35)29-22-24-31(25-23-29)41-43-40(37-20-9-10-21-39(37)47-43)38-27-26-30-12-7-8-19-36(30)42(38)44-41/h1-28H;1-28H. The molecule has 12 aromatic carbocycles. The number of nitrogens with zero attached hydrogens (tertiary/aromatic N) is 5. The molecule has 6 nitrogen and oxygen atoms in total. The first-order chi connectivity index (χ1) is 48.4. The van der Waals surface area contributed by atoms with Crippen LogP contribution in [0.25, 0.3) is 162 Å². The number of hydrogen-bond donors (Lipinski definition) is 0. The molecule has 0 radical (unpaired) electrons. The minimum atomic E-state index is -3.08. The van der Waals surface area contributed by atoms with Crippen molar-refractivity contribution in [2.45, 2.75) is 0 Å². The monoisotopic (exact) mass is 1310 g/mol. The van der Waals surface area contributed by atoms with E-state index in [1.165, 1.54) is 67.3 Å². The lowest BCUT2D eigenvalue weighted by atomic mass is 9.97. The number of thiophene rings is 2. The Balaban J connectivity index is 0.000000143. The summed E-state index contributed by atoms with van der Waals surface area (Å²) in [5, 5.41) is 14.7. The molecule has 0 fully saturated rings. The predicted molar refractivity (Wildman–Crippen MR) is 415 cm³/mol. The van der Waals surface area contributed by atoms with E-state index in [-0.39, 0.29) is 0 Å². The van der Waals surface area contributed by atoms with Gasteiger partial charge in [0.2, 0.25) is 0 Å². The third-order valence-electron chi connectivity index (χ3n) is 18.7. The average molecular weight is 1310 g/mol. The average Bonchev–Trinajstić information content (AvgIpc) is 1.44. The maximum atomic E-state index is 15.0. The molecule has 0 aliphatic rings. The summed E-state index contributed by atoms with van der Waals surface area (Å²) in [7, 11) is -3.08. The quantitative estimate of drug-likeness (QED) is 0.100. The lowest BCUT2D eigenvalue weighted by Gasteiger charge is -2.20. The highest BCUT2D eigenvalue weighted by Crippen LogP contribution is 2.48. The summed E-state index contributed by atoms with van der Waals surface area (Å²) < 4.78 is 20.0. The zero-order chi connectivity index (χ0) is 65.1. The molecule has 19 aromatic rings. The Hall–Kier alpha value is -11.9. The van der Waals surface area contributed by atoms with E-state index in [2.05, 4.69) is 228 Å². The second-order valence-electron chi connectivity index (χ2n) is 24.5. The van der Waals surface area contributed by atoms with Gasteiger partial charge in [0.1, 0.15) is 0 Å². The number of aromatic nitrogens is 5. The molecule has 7 aromatic heterocycles. The minimum Gasteiger partial charge on any atom is -0.309 e. The zero-order valence-corrected chi connectivity index (χ0v) is 55.3. The molecule has 0 unspecified atom stereocenters. The highest BCUT2D eigenvalue weighted by Gasteiger charge is 2.30. The summed E-state index contributed by atoms with van der Waals surface area (Å²) >= 11 is 3.64. The molecular weight excluding hydrogens is 1250 g/mol. The Labute approximate surface area is 573 Å². The van der Waals surface area contributed by atoms with Crippen molar-refractivity contribution in [1.82, 2.24) is 24.9 Å². The van der Waals surface area contributed by atoms with Gasteiger partial charge in [-0.2, -0.15) is 0 Å². The maximum Gasteiger partial charge on any atom is 0.171 e. The summed E-state index contributed by atoms with van der Waals surface area (Å²) in [5.74, 6) is 0. The van der Waals surface area contributed by atoms with Crippen LogP contribution < -0.4 is 15.9 Å². The number of fused-ring (bicyclic) bond motifs is 14. The third-order valence-corrected chi connectivity index (χ3v) is 24.2. The summed E-state index contributed by atoms with van der Waals surface area (Å²) in [5.41, 5.74) is 16.2. The van der Waals surface area contributed by atoms with Gasteiger partial charge >= 0.3 is 0 Å². The zero-order valence-electron chi connectivity index (χ0n) is 52.7. The molecule has 0 N–H and O–H groups in total. The van der Waals surface area contributed by atoms with Crippen molar-refractivity contribution in [3.8, 4) is 78.7 Å². The van der Waals surface area contributed by atoms with Gasteiger partial charge in [-0.05, 0) is 98.8 Å². The van der Waals surface area contributed by atoms with Crippen LogP contribution in [-0.2, 0) is 4.57 Å². The van der Waals surface area contributed by atoms with Crippen LogP contribution in [0.5, 0.6) is 0 Å². The second-order valence-corrected chi connectivity index (χ2v) is 29.4. The Kier molecular flexibility index (Phi) is 14.8. The summed E-state index contributed by atoms with van der Waals surface area (Å²) in [6.45, 7) is 0. The predicted octanol–water partition coefficient (Wildman–Crippen LogP) is 23.0. The van der Waals surface area contributed by atoms with Gasteiger partial charge in [-0.3, -0.25) is 9.97 Å². The molecule has 0 atom stereocenters. The van der Waals surface area contributed by atoms with Crippen LogP contribution in [0.4, 0.5) is 0 Å². The van der Waals surface area contributed by atoms with Gasteiger partial charge in [0, 0.05) is 91.9 Å². The molecule has 0 aliphatic heterocycles. The van der Waals surface area contributed by atoms with Gasteiger partial charge < -0.3 is 4.57 Å². The van der Waals surface area contributed by atoms with Gasteiger partial charge in [0.05, 0.1) is 54.6 Å². The van der Waals surface area contributed by atoms with Crippen molar-refractivity contribution in [2.24, 2.45) is 0 Å². The molecule has 0 saturated heterocycles. The molecule has 7 heterocycles. The molecule has 0 bridgehead atoms. The Morgan fingerprint density at radius 3 is 1.10 bits per heavy atom. The summed E-state index contributed by atoms with van der Waals surface area (Å²) in [6, 6.07) is 114. The molecule has 0 spiro atoms. The molecule has 98 heavy (non-hydrogen) atoms. The van der Waals surface area contributed by atoms with Gasteiger partial charge in [-0.1, -0.05) is 273 Å². The second kappa shape index (κ2) is 24.7. The van der Waals surface area contributed by atoms with Gasteiger partial charge in [0.25, 0.3) is 0 Å². The lowest BCUT2D eigenvalue weighted by molar-refractivity contribution is 0.592. The van der Waals surface area contributed by atoms with E-state index in [9.17, 15) is 0 Å². The SMILES string of the molecule is O=P(c1ccccc1)(c1ccccc1)c1cccc(-c2ccc(-c3nc4c5ccccc5ccc4c4c3sc3ccccc34)cc2)c1.c1ccc(-c2cc(-c3ccc(-c4ccc(-c5nc6c7ccccc7ccc6c6c5sc5ccccc56)cc4)cc3)cc(-c3ccccn3)n2)nc1. The van der Waals surface area contributed by atoms with Crippen LogP contribution in [0.3, 0.4) is 0 Å². The van der Waals surface area contributed by atoms with Crippen molar-refractivity contribution < 1.29 is 4.57 Å².